The van der Waals surface area contributed by atoms with Gasteiger partial charge in [-0.05, 0) is 11.1 Å². The fourth-order valence-electron chi connectivity index (χ4n) is 3.48. The van der Waals surface area contributed by atoms with Gasteiger partial charge < -0.3 is 20.0 Å². The lowest BCUT2D eigenvalue weighted by molar-refractivity contribution is -0.148. The van der Waals surface area contributed by atoms with E-state index >= 15 is 0 Å². The number of carboxylic acid groups (broad SMARTS) is 2. The first-order valence-electron chi connectivity index (χ1n) is 8.83. The van der Waals surface area contributed by atoms with Crippen LogP contribution in [0.3, 0.4) is 0 Å². The average molecular weight is 493 g/mol. The van der Waals surface area contributed by atoms with E-state index in [1.165, 1.54) is 33.3 Å². The molecule has 0 aromatic heterocycles. The van der Waals surface area contributed by atoms with Crippen molar-refractivity contribution in [3.8, 4) is 0 Å². The summed E-state index contributed by atoms with van der Waals surface area (Å²) in [7, 11) is 0. The minimum atomic E-state index is -1.09. The Morgan fingerprint density at radius 3 is 1.40 bits per heavy atom. The predicted octanol–water partition coefficient (Wildman–Crippen LogP) is 2.22. The van der Waals surface area contributed by atoms with Crippen LogP contribution in [0.25, 0.3) is 0 Å². The number of aliphatic carboxylic acids is 2. The van der Waals surface area contributed by atoms with Gasteiger partial charge in [0.2, 0.25) is 11.8 Å². The van der Waals surface area contributed by atoms with E-state index in [4.69, 9.17) is 23.2 Å². The minimum absolute atomic E-state index is 0.251. The van der Waals surface area contributed by atoms with Crippen molar-refractivity contribution in [3.63, 3.8) is 0 Å². The third kappa shape index (κ3) is 4.37. The molecule has 12 heteroatoms. The van der Waals surface area contributed by atoms with Gasteiger partial charge in [-0.15, -0.1) is 46.7 Å². The number of rotatable bonds is 6. The summed E-state index contributed by atoms with van der Waals surface area (Å²) in [6, 6.07) is 5.11. The standard InChI is InChI=1S/C18H18Cl2N2O6S2/c19-5-13(23)21-11(17(25)26)7-29-15(21)9-1-2-10(4-3-9)16-22(14(24)6-20)12(8-30-16)18(27)28/h1-4,11-12,15-16H,5-8H2,(H,25,26)(H,27,28)/t11-,12-,15?,16?/m0/s1. The Bertz CT molecular complexity index is 787. The lowest BCUT2D eigenvalue weighted by Crippen LogP contribution is -2.43. The molecular formula is C18H18Cl2N2O6S2. The summed E-state index contributed by atoms with van der Waals surface area (Å²) in [4.78, 5) is 50.0. The first-order valence-corrected chi connectivity index (χ1v) is 12.0. The van der Waals surface area contributed by atoms with Crippen molar-refractivity contribution in [1.82, 2.24) is 9.80 Å². The Morgan fingerprint density at radius 1 is 0.800 bits per heavy atom. The normalized spacial score (nSPS) is 26.1. The van der Waals surface area contributed by atoms with E-state index in [0.717, 1.165) is 11.1 Å². The fourth-order valence-corrected chi connectivity index (χ4v) is 6.64. The third-order valence-corrected chi connectivity index (χ3v) is 7.99. The Balaban J connectivity index is 1.85. The van der Waals surface area contributed by atoms with Crippen LogP contribution in [0, 0.1) is 0 Å². The second-order valence-corrected chi connectivity index (χ2v) is 9.38. The molecule has 4 atom stereocenters. The van der Waals surface area contributed by atoms with E-state index in [1.807, 2.05) is 0 Å². The first-order chi connectivity index (χ1) is 14.3. The summed E-state index contributed by atoms with van der Waals surface area (Å²) in [6.07, 6.45) is 0. The zero-order valence-electron chi connectivity index (χ0n) is 15.4. The van der Waals surface area contributed by atoms with Gasteiger partial charge in [0.15, 0.2) is 0 Å². The van der Waals surface area contributed by atoms with Gasteiger partial charge in [-0.2, -0.15) is 0 Å². The number of nitrogens with zero attached hydrogens (tertiary/aromatic N) is 2. The first kappa shape index (κ1) is 23.1. The molecule has 162 valence electrons. The van der Waals surface area contributed by atoms with Crippen molar-refractivity contribution in [2.24, 2.45) is 0 Å². The van der Waals surface area contributed by atoms with Gasteiger partial charge >= 0.3 is 11.9 Å². The van der Waals surface area contributed by atoms with Gasteiger partial charge in [-0.25, -0.2) is 9.59 Å². The molecule has 2 unspecified atom stereocenters. The number of carbonyl (C=O) groups excluding carboxylic acids is 2. The van der Waals surface area contributed by atoms with Crippen molar-refractivity contribution in [3.05, 3.63) is 35.4 Å². The van der Waals surface area contributed by atoms with Crippen molar-refractivity contribution in [2.75, 3.05) is 23.3 Å². The predicted molar refractivity (Wildman–Crippen MR) is 115 cm³/mol. The molecule has 3 rings (SSSR count). The van der Waals surface area contributed by atoms with Gasteiger partial charge in [-0.1, -0.05) is 24.3 Å². The van der Waals surface area contributed by atoms with Crippen LogP contribution in [0.1, 0.15) is 21.9 Å². The molecule has 2 aliphatic rings. The zero-order valence-corrected chi connectivity index (χ0v) is 18.6. The monoisotopic (exact) mass is 492 g/mol. The van der Waals surface area contributed by atoms with Crippen LogP contribution in [0.4, 0.5) is 0 Å². The third-order valence-electron chi connectivity index (χ3n) is 4.88. The fraction of sp³-hybridized carbons (Fsp3) is 0.444. The molecular weight excluding hydrogens is 475 g/mol. The number of thioether (sulfide) groups is 2. The summed E-state index contributed by atoms with van der Waals surface area (Å²) in [5, 5.41) is 17.8. The summed E-state index contributed by atoms with van der Waals surface area (Å²) >= 11 is 14.0. The molecule has 0 spiro atoms. The van der Waals surface area contributed by atoms with Crippen LogP contribution in [0.15, 0.2) is 24.3 Å². The molecule has 8 nitrogen and oxygen atoms in total. The van der Waals surface area contributed by atoms with Crippen molar-refractivity contribution < 1.29 is 29.4 Å². The minimum Gasteiger partial charge on any atom is -0.480 e. The Labute approximate surface area is 190 Å². The number of hydrogen-bond donors (Lipinski definition) is 2. The summed E-state index contributed by atoms with van der Waals surface area (Å²) in [5.74, 6) is -3.22. The molecule has 30 heavy (non-hydrogen) atoms. The Hall–Kier alpha value is -1.62. The van der Waals surface area contributed by atoms with Crippen LogP contribution >= 0.6 is 46.7 Å². The van der Waals surface area contributed by atoms with E-state index in [9.17, 15) is 29.4 Å². The van der Waals surface area contributed by atoms with E-state index in [0.29, 0.717) is 0 Å². The molecule has 1 aromatic carbocycles. The molecule has 2 N–H and O–H groups in total. The number of alkyl halides is 2. The van der Waals surface area contributed by atoms with Crippen molar-refractivity contribution in [1.29, 1.82) is 0 Å². The Kier molecular flexibility index (Phi) is 7.43. The molecule has 2 fully saturated rings. The average Bonchev–Trinajstić information content (AvgIpc) is 3.37. The highest BCUT2D eigenvalue weighted by atomic mass is 35.5. The number of benzene rings is 1. The van der Waals surface area contributed by atoms with Crippen molar-refractivity contribution >= 4 is 70.5 Å². The topological polar surface area (TPSA) is 115 Å². The zero-order chi connectivity index (χ0) is 22.0. The van der Waals surface area contributed by atoms with Crippen LogP contribution in [0.2, 0.25) is 0 Å². The highest BCUT2D eigenvalue weighted by Gasteiger charge is 2.43. The number of carbonyl (C=O) groups is 4. The largest absolute Gasteiger partial charge is 0.480 e. The SMILES string of the molecule is O=C(O)[C@@H]1CSC(c2ccc(C3SC[C@@H](C(=O)O)N3C(=O)CCl)cc2)N1C(=O)CCl. The second kappa shape index (κ2) is 9.67. The smallest absolute Gasteiger partial charge is 0.327 e. The summed E-state index contributed by atoms with van der Waals surface area (Å²) in [5.41, 5.74) is 1.44. The van der Waals surface area contributed by atoms with E-state index in [1.54, 1.807) is 24.3 Å². The van der Waals surface area contributed by atoms with Gasteiger partial charge in [0.05, 0.1) is 0 Å². The van der Waals surface area contributed by atoms with E-state index in [2.05, 4.69) is 0 Å². The molecule has 2 saturated heterocycles. The van der Waals surface area contributed by atoms with Crippen LogP contribution in [-0.2, 0) is 19.2 Å². The van der Waals surface area contributed by atoms with Gasteiger partial charge in [-0.3, -0.25) is 9.59 Å². The number of halogens is 2. The van der Waals surface area contributed by atoms with Gasteiger partial charge in [0.1, 0.15) is 34.6 Å². The number of carboxylic acids is 2. The molecule has 2 heterocycles. The second-order valence-electron chi connectivity index (χ2n) is 6.62. The van der Waals surface area contributed by atoms with Crippen molar-refractivity contribution in [2.45, 2.75) is 22.8 Å². The highest BCUT2D eigenvalue weighted by molar-refractivity contribution is 8.00. The maximum absolute atomic E-state index is 12.2. The van der Waals surface area contributed by atoms with Crippen LogP contribution in [0.5, 0.6) is 0 Å². The summed E-state index contributed by atoms with van der Waals surface area (Å²) in [6.45, 7) is 0. The molecule has 0 aliphatic carbocycles. The van der Waals surface area contributed by atoms with Crippen LogP contribution < -0.4 is 0 Å². The maximum Gasteiger partial charge on any atom is 0.327 e. The molecule has 1 aromatic rings. The highest BCUT2D eigenvalue weighted by Crippen LogP contribution is 2.44. The lowest BCUT2D eigenvalue weighted by Gasteiger charge is -2.28. The lowest BCUT2D eigenvalue weighted by atomic mass is 10.1. The molecule has 0 radical (unpaired) electrons. The molecule has 0 saturated carbocycles. The number of amides is 2. The molecule has 0 bridgehead atoms. The maximum atomic E-state index is 12.2. The van der Waals surface area contributed by atoms with Gasteiger partial charge in [0.25, 0.3) is 0 Å². The van der Waals surface area contributed by atoms with E-state index < -0.39 is 46.6 Å². The van der Waals surface area contributed by atoms with E-state index in [-0.39, 0.29) is 23.3 Å². The van der Waals surface area contributed by atoms with Gasteiger partial charge in [0, 0.05) is 11.5 Å². The summed E-state index contributed by atoms with van der Waals surface area (Å²) < 4.78 is 0. The Morgan fingerprint density at radius 2 is 1.13 bits per heavy atom. The number of hydrogen-bond acceptors (Lipinski definition) is 6. The quantitative estimate of drug-likeness (QED) is 0.580. The van der Waals surface area contributed by atoms with Crippen LogP contribution in [-0.4, -0.2) is 79.1 Å². The molecule has 2 amide bonds. The molecule has 2 aliphatic heterocycles.